The van der Waals surface area contributed by atoms with Gasteiger partial charge in [0.2, 0.25) is 5.95 Å². The second-order valence-electron chi connectivity index (χ2n) is 7.70. The van der Waals surface area contributed by atoms with E-state index >= 15 is 0 Å². The number of aromatic nitrogens is 4. The molecule has 3 heterocycles. The van der Waals surface area contributed by atoms with Gasteiger partial charge in [-0.05, 0) is 37.6 Å². The van der Waals surface area contributed by atoms with E-state index in [9.17, 15) is 22.4 Å². The first-order valence-electron chi connectivity index (χ1n) is 10.3. The fraction of sp³-hybridized carbons (Fsp3) is 0.318. The predicted octanol–water partition coefficient (Wildman–Crippen LogP) is 4.81. The van der Waals surface area contributed by atoms with Crippen LogP contribution in [0.3, 0.4) is 0 Å². The molecule has 0 unspecified atom stereocenters. The SMILES string of the molecule is C[C@H](Nc1nccc(N2C(=O)OC[C@@H]2[C@H](C)F)n1)c1ncc(-c2cccc(C(F)(F)F)c2)cn1. The summed E-state index contributed by atoms with van der Waals surface area (Å²) in [6.45, 7) is 3.00. The smallest absolute Gasteiger partial charge is 0.416 e. The number of carbonyl (C=O) groups is 1. The molecule has 12 heteroatoms. The molecule has 1 N–H and O–H groups in total. The van der Waals surface area contributed by atoms with Gasteiger partial charge in [0.25, 0.3) is 0 Å². The summed E-state index contributed by atoms with van der Waals surface area (Å²) in [6.07, 6.45) is -2.18. The Morgan fingerprint density at radius 3 is 2.53 bits per heavy atom. The average Bonchev–Trinajstić information content (AvgIpc) is 3.20. The van der Waals surface area contributed by atoms with Gasteiger partial charge in [-0.1, -0.05) is 12.1 Å². The number of nitrogens with one attached hydrogen (secondary N) is 1. The molecular formula is C22H20F4N6O2. The lowest BCUT2D eigenvalue weighted by Gasteiger charge is -2.22. The first-order valence-corrected chi connectivity index (χ1v) is 10.3. The van der Waals surface area contributed by atoms with Crippen LogP contribution in [0.15, 0.2) is 48.9 Å². The van der Waals surface area contributed by atoms with E-state index < -0.39 is 36.1 Å². The van der Waals surface area contributed by atoms with Crippen molar-refractivity contribution in [1.82, 2.24) is 19.9 Å². The van der Waals surface area contributed by atoms with Crippen LogP contribution in [-0.2, 0) is 10.9 Å². The van der Waals surface area contributed by atoms with Crippen molar-refractivity contribution in [1.29, 1.82) is 0 Å². The molecule has 1 saturated heterocycles. The lowest BCUT2D eigenvalue weighted by molar-refractivity contribution is -0.137. The average molecular weight is 476 g/mol. The summed E-state index contributed by atoms with van der Waals surface area (Å²) in [5, 5.41) is 3.00. The molecule has 0 aliphatic carbocycles. The van der Waals surface area contributed by atoms with Crippen molar-refractivity contribution < 1.29 is 27.1 Å². The van der Waals surface area contributed by atoms with Crippen molar-refractivity contribution in [3.8, 4) is 11.1 Å². The molecule has 1 aliphatic heterocycles. The highest BCUT2D eigenvalue weighted by Gasteiger charge is 2.39. The van der Waals surface area contributed by atoms with Crippen LogP contribution < -0.4 is 10.2 Å². The third-order valence-electron chi connectivity index (χ3n) is 5.25. The van der Waals surface area contributed by atoms with Crippen molar-refractivity contribution in [2.75, 3.05) is 16.8 Å². The molecule has 1 fully saturated rings. The van der Waals surface area contributed by atoms with Gasteiger partial charge in [-0.2, -0.15) is 18.2 Å². The number of cyclic esters (lactones) is 1. The van der Waals surface area contributed by atoms with Crippen molar-refractivity contribution in [2.45, 2.75) is 38.3 Å². The number of anilines is 2. The maximum Gasteiger partial charge on any atom is 0.416 e. The first kappa shape index (κ1) is 23.3. The third-order valence-corrected chi connectivity index (χ3v) is 5.25. The van der Waals surface area contributed by atoms with E-state index in [1.54, 1.807) is 13.0 Å². The summed E-state index contributed by atoms with van der Waals surface area (Å²) in [6, 6.07) is 5.10. The zero-order valence-corrected chi connectivity index (χ0v) is 18.1. The van der Waals surface area contributed by atoms with E-state index in [2.05, 4.69) is 25.3 Å². The Bertz CT molecular complexity index is 1170. The number of nitrogens with zero attached hydrogens (tertiary/aromatic N) is 5. The highest BCUT2D eigenvalue weighted by atomic mass is 19.4. The van der Waals surface area contributed by atoms with E-state index in [4.69, 9.17) is 4.74 Å². The Labute approximate surface area is 192 Å². The molecule has 2 aromatic heterocycles. The molecule has 8 nitrogen and oxygen atoms in total. The maximum absolute atomic E-state index is 13.9. The van der Waals surface area contributed by atoms with Crippen molar-refractivity contribution >= 4 is 17.9 Å². The fourth-order valence-corrected chi connectivity index (χ4v) is 3.43. The normalized spacial score (nSPS) is 17.9. The van der Waals surface area contributed by atoms with Crippen molar-refractivity contribution in [3.05, 3.63) is 60.3 Å². The largest absolute Gasteiger partial charge is 0.447 e. The number of alkyl halides is 4. The second-order valence-corrected chi connectivity index (χ2v) is 7.70. The highest BCUT2D eigenvalue weighted by Crippen LogP contribution is 2.32. The molecule has 1 aromatic carbocycles. The fourth-order valence-electron chi connectivity index (χ4n) is 3.43. The number of carbonyl (C=O) groups excluding carboxylic acids is 1. The monoisotopic (exact) mass is 476 g/mol. The highest BCUT2D eigenvalue weighted by molar-refractivity contribution is 5.89. The van der Waals surface area contributed by atoms with Crippen LogP contribution in [0.2, 0.25) is 0 Å². The number of hydrogen-bond acceptors (Lipinski definition) is 7. The van der Waals surface area contributed by atoms with Gasteiger partial charge in [0.15, 0.2) is 0 Å². The van der Waals surface area contributed by atoms with E-state index in [0.717, 1.165) is 17.0 Å². The van der Waals surface area contributed by atoms with Gasteiger partial charge < -0.3 is 10.1 Å². The minimum absolute atomic E-state index is 0.0776. The van der Waals surface area contributed by atoms with Gasteiger partial charge in [-0.25, -0.2) is 24.1 Å². The quantitative estimate of drug-likeness (QED) is 0.511. The Kier molecular flexibility index (Phi) is 6.31. The maximum atomic E-state index is 13.9. The topological polar surface area (TPSA) is 93.1 Å². The van der Waals surface area contributed by atoms with Crippen LogP contribution in [0.1, 0.15) is 31.3 Å². The van der Waals surface area contributed by atoms with E-state index in [1.165, 1.54) is 37.6 Å². The van der Waals surface area contributed by atoms with Gasteiger partial charge in [0.1, 0.15) is 30.5 Å². The lowest BCUT2D eigenvalue weighted by Crippen LogP contribution is -2.39. The van der Waals surface area contributed by atoms with Crippen LogP contribution in [0, 0.1) is 0 Å². The summed E-state index contributed by atoms with van der Waals surface area (Å²) in [5.74, 6) is 0.684. The molecule has 1 amide bonds. The van der Waals surface area contributed by atoms with E-state index in [1.807, 2.05) is 0 Å². The van der Waals surface area contributed by atoms with E-state index in [0.29, 0.717) is 17.0 Å². The van der Waals surface area contributed by atoms with Crippen molar-refractivity contribution in [3.63, 3.8) is 0 Å². The first-order chi connectivity index (χ1) is 16.1. The van der Waals surface area contributed by atoms with Crippen LogP contribution in [0.25, 0.3) is 11.1 Å². The number of rotatable bonds is 6. The van der Waals surface area contributed by atoms with Gasteiger partial charge in [-0.15, -0.1) is 0 Å². The molecule has 0 radical (unpaired) electrons. The van der Waals surface area contributed by atoms with Crippen LogP contribution >= 0.6 is 0 Å². The number of halogens is 4. The third kappa shape index (κ3) is 4.90. The van der Waals surface area contributed by atoms with Gasteiger partial charge in [0, 0.05) is 24.2 Å². The molecular weight excluding hydrogens is 456 g/mol. The summed E-state index contributed by atoms with van der Waals surface area (Å²) < 4.78 is 57.7. The summed E-state index contributed by atoms with van der Waals surface area (Å²) >= 11 is 0. The lowest BCUT2D eigenvalue weighted by atomic mass is 10.1. The number of amides is 1. The standard InChI is InChI=1S/C22H20F4N6O2/c1-12(23)17-11-34-21(33)32(17)18-6-7-27-20(31-18)30-13(2)19-28-9-15(10-29-19)14-4-3-5-16(8-14)22(24,25)26/h3-10,12-13,17H,11H2,1-2H3,(H,27,30,31)/t12-,13-,17+/m0/s1. The van der Waals surface area contributed by atoms with Crippen LogP contribution in [0.4, 0.5) is 34.1 Å². The van der Waals surface area contributed by atoms with E-state index in [-0.39, 0.29) is 18.4 Å². The van der Waals surface area contributed by atoms with Crippen LogP contribution in [0.5, 0.6) is 0 Å². The molecule has 34 heavy (non-hydrogen) atoms. The molecule has 0 saturated carbocycles. The molecule has 0 bridgehead atoms. The predicted molar refractivity (Wildman–Crippen MR) is 115 cm³/mol. The molecule has 0 spiro atoms. The summed E-state index contributed by atoms with van der Waals surface area (Å²) in [5.41, 5.74) is 0.0128. The minimum Gasteiger partial charge on any atom is -0.447 e. The summed E-state index contributed by atoms with van der Waals surface area (Å²) in [7, 11) is 0. The zero-order chi connectivity index (χ0) is 24.5. The van der Waals surface area contributed by atoms with Gasteiger partial charge >= 0.3 is 12.3 Å². The zero-order valence-electron chi connectivity index (χ0n) is 18.1. The van der Waals surface area contributed by atoms with Gasteiger partial charge in [0.05, 0.1) is 11.6 Å². The minimum atomic E-state index is -4.45. The molecule has 3 atom stereocenters. The Hall–Kier alpha value is -3.83. The Balaban J connectivity index is 1.49. The second kappa shape index (κ2) is 9.20. The molecule has 3 aromatic rings. The number of ether oxygens (including phenoxy) is 1. The summed E-state index contributed by atoms with van der Waals surface area (Å²) in [4.78, 5) is 30.1. The van der Waals surface area contributed by atoms with Crippen molar-refractivity contribution in [2.24, 2.45) is 0 Å². The molecule has 4 rings (SSSR count). The van der Waals surface area contributed by atoms with Crippen LogP contribution in [-0.4, -0.2) is 44.8 Å². The molecule has 1 aliphatic rings. The van der Waals surface area contributed by atoms with Gasteiger partial charge in [-0.3, -0.25) is 4.90 Å². The Morgan fingerprint density at radius 1 is 1.12 bits per heavy atom. The number of hydrogen-bond donors (Lipinski definition) is 1. The number of benzene rings is 1. The molecule has 178 valence electrons. The Morgan fingerprint density at radius 2 is 1.85 bits per heavy atom.